The normalized spacial score (nSPS) is 11.8. The summed E-state index contributed by atoms with van der Waals surface area (Å²) in [7, 11) is -1.95. The zero-order valence-electron chi connectivity index (χ0n) is 10.9. The van der Waals surface area contributed by atoms with Gasteiger partial charge in [0, 0.05) is 12.8 Å². The monoisotopic (exact) mass is 239 g/mol. The van der Waals surface area contributed by atoms with Gasteiger partial charge in [0.15, 0.2) is 0 Å². The molecule has 0 atom stereocenters. The van der Waals surface area contributed by atoms with Gasteiger partial charge >= 0.3 is 0 Å². The molecule has 0 heterocycles. The Morgan fingerprint density at radius 1 is 1.12 bits per heavy atom. The van der Waals surface area contributed by atoms with Crippen LogP contribution < -0.4 is 5.32 Å². The van der Waals surface area contributed by atoms with E-state index in [1.54, 1.807) is 0 Å². The van der Waals surface area contributed by atoms with E-state index in [-0.39, 0.29) is 0 Å². The van der Waals surface area contributed by atoms with E-state index in [0.717, 1.165) is 6.54 Å². The van der Waals surface area contributed by atoms with Crippen LogP contribution in [0.2, 0.25) is 0 Å². The molecule has 0 saturated carbocycles. The van der Waals surface area contributed by atoms with Gasteiger partial charge in [0.1, 0.15) is 0 Å². The summed E-state index contributed by atoms with van der Waals surface area (Å²) in [5, 5.41) is 3.28. The van der Waals surface area contributed by atoms with Gasteiger partial charge in [0.25, 0.3) is 0 Å². The van der Waals surface area contributed by atoms with Crippen LogP contribution in [0.3, 0.4) is 0 Å². The molecule has 0 radical (unpaired) electrons. The van der Waals surface area contributed by atoms with Crippen LogP contribution in [0.1, 0.15) is 22.3 Å². The topological polar surface area (TPSA) is 29.1 Å². The molecule has 0 spiro atoms. The van der Waals surface area contributed by atoms with Crippen molar-refractivity contribution in [3.05, 3.63) is 34.4 Å². The number of nitrogens with one attached hydrogen (secondary N) is 1. The highest BCUT2D eigenvalue weighted by atomic mass is 31.2. The van der Waals surface area contributed by atoms with Crippen molar-refractivity contribution in [2.75, 3.05) is 19.6 Å². The van der Waals surface area contributed by atoms with Crippen molar-refractivity contribution in [2.45, 2.75) is 27.3 Å². The molecular formula is C13H22NOP. The Morgan fingerprint density at radius 3 is 2.06 bits per heavy atom. The first-order chi connectivity index (χ1) is 7.29. The lowest BCUT2D eigenvalue weighted by atomic mass is 10.00. The average molecular weight is 239 g/mol. The molecular weight excluding hydrogens is 217 g/mol. The molecule has 0 aromatic heterocycles. The van der Waals surface area contributed by atoms with Crippen LogP contribution in [0.15, 0.2) is 12.1 Å². The summed E-state index contributed by atoms with van der Waals surface area (Å²) in [6, 6.07) is 4.39. The highest BCUT2D eigenvalue weighted by Crippen LogP contribution is 2.33. The molecule has 3 heteroatoms. The first kappa shape index (κ1) is 13.5. The van der Waals surface area contributed by atoms with Gasteiger partial charge in [0.2, 0.25) is 0 Å². The quantitative estimate of drug-likeness (QED) is 0.817. The molecule has 2 nitrogen and oxygen atoms in total. The predicted octanol–water partition coefficient (Wildman–Crippen LogP) is 3.28. The fourth-order valence-corrected chi connectivity index (χ4v) is 2.59. The van der Waals surface area contributed by atoms with E-state index in [1.165, 1.54) is 22.3 Å². The Morgan fingerprint density at radius 2 is 1.62 bits per heavy atom. The maximum absolute atomic E-state index is 11.6. The van der Waals surface area contributed by atoms with Gasteiger partial charge < -0.3 is 9.88 Å². The van der Waals surface area contributed by atoms with Crippen LogP contribution in [-0.2, 0) is 11.1 Å². The minimum atomic E-state index is -1.95. The molecule has 0 aliphatic rings. The Balaban J connectivity index is 2.71. The molecule has 1 N–H and O–H groups in total. The molecule has 0 amide bonds. The molecule has 0 bridgehead atoms. The van der Waals surface area contributed by atoms with Crippen molar-refractivity contribution in [2.24, 2.45) is 0 Å². The van der Waals surface area contributed by atoms with Crippen molar-refractivity contribution >= 4 is 7.14 Å². The van der Waals surface area contributed by atoms with Crippen molar-refractivity contribution in [1.82, 2.24) is 5.32 Å². The minimum Gasteiger partial charge on any atom is -0.323 e. The van der Waals surface area contributed by atoms with E-state index >= 15 is 0 Å². The van der Waals surface area contributed by atoms with Crippen molar-refractivity contribution < 1.29 is 4.57 Å². The van der Waals surface area contributed by atoms with E-state index in [9.17, 15) is 4.57 Å². The third kappa shape index (κ3) is 4.11. The second-order valence-electron chi connectivity index (χ2n) is 5.04. The van der Waals surface area contributed by atoms with Gasteiger partial charge in [-0.1, -0.05) is 17.7 Å². The molecule has 0 aliphatic carbocycles. The lowest BCUT2D eigenvalue weighted by Gasteiger charge is -2.13. The second kappa shape index (κ2) is 5.16. The van der Waals surface area contributed by atoms with Crippen LogP contribution >= 0.6 is 7.14 Å². The molecule has 0 unspecified atom stereocenters. The zero-order valence-corrected chi connectivity index (χ0v) is 11.8. The van der Waals surface area contributed by atoms with E-state index in [1.807, 2.05) is 13.3 Å². The maximum atomic E-state index is 11.6. The van der Waals surface area contributed by atoms with Crippen LogP contribution in [0.25, 0.3) is 0 Å². The maximum Gasteiger partial charge on any atom is 0.0949 e. The van der Waals surface area contributed by atoms with Gasteiger partial charge in [-0.2, -0.15) is 0 Å². The number of hydrogen-bond acceptors (Lipinski definition) is 2. The first-order valence-corrected chi connectivity index (χ1v) is 8.40. The third-order valence-corrected chi connectivity index (χ3v) is 3.62. The summed E-state index contributed by atoms with van der Waals surface area (Å²) in [6.45, 7) is 10.8. The smallest absolute Gasteiger partial charge is 0.0949 e. The number of aryl methyl sites for hydroxylation is 3. The van der Waals surface area contributed by atoms with E-state index in [0.29, 0.717) is 6.29 Å². The number of rotatable bonds is 4. The van der Waals surface area contributed by atoms with Gasteiger partial charge in [-0.15, -0.1) is 0 Å². The lowest BCUT2D eigenvalue weighted by molar-refractivity contribution is 0.576. The zero-order chi connectivity index (χ0) is 12.3. The fourth-order valence-electron chi connectivity index (χ4n) is 1.94. The van der Waals surface area contributed by atoms with Crippen molar-refractivity contribution in [3.8, 4) is 0 Å². The van der Waals surface area contributed by atoms with Gasteiger partial charge in [-0.25, -0.2) is 0 Å². The van der Waals surface area contributed by atoms with Crippen LogP contribution in [0, 0.1) is 20.8 Å². The van der Waals surface area contributed by atoms with E-state index in [2.05, 4.69) is 38.2 Å². The van der Waals surface area contributed by atoms with Gasteiger partial charge in [0.05, 0.1) is 7.14 Å². The number of benzene rings is 1. The minimum absolute atomic E-state index is 0.611. The molecule has 16 heavy (non-hydrogen) atoms. The summed E-state index contributed by atoms with van der Waals surface area (Å²) in [5.41, 5.74) is 5.26. The summed E-state index contributed by atoms with van der Waals surface area (Å²) in [5.74, 6) is 0. The van der Waals surface area contributed by atoms with E-state index < -0.39 is 7.14 Å². The van der Waals surface area contributed by atoms with Crippen LogP contribution in [-0.4, -0.2) is 19.6 Å². The van der Waals surface area contributed by atoms with Crippen molar-refractivity contribution in [1.29, 1.82) is 0 Å². The Kier molecular flexibility index (Phi) is 4.35. The summed E-state index contributed by atoms with van der Waals surface area (Å²) in [6.07, 6.45) is 0.611. The lowest BCUT2D eigenvalue weighted by Crippen LogP contribution is -2.16. The highest BCUT2D eigenvalue weighted by Gasteiger charge is 2.08. The molecule has 1 rings (SSSR count). The average Bonchev–Trinajstić information content (AvgIpc) is 2.07. The largest absolute Gasteiger partial charge is 0.323 e. The predicted molar refractivity (Wildman–Crippen MR) is 71.8 cm³/mol. The second-order valence-corrected chi connectivity index (χ2v) is 8.50. The van der Waals surface area contributed by atoms with Crippen LogP contribution in [0.5, 0.6) is 0 Å². The summed E-state index contributed by atoms with van der Waals surface area (Å²) < 4.78 is 11.6. The fraction of sp³-hybridized carbons (Fsp3) is 0.538. The molecule has 1 aromatic carbocycles. The SMILES string of the molecule is Cc1cc(C)c(CNCP(C)(C)=O)c(C)c1. The van der Waals surface area contributed by atoms with E-state index in [4.69, 9.17) is 0 Å². The molecule has 0 aliphatic heterocycles. The first-order valence-electron chi connectivity index (χ1n) is 5.61. The van der Waals surface area contributed by atoms with Crippen LogP contribution in [0.4, 0.5) is 0 Å². The van der Waals surface area contributed by atoms with Crippen molar-refractivity contribution in [3.63, 3.8) is 0 Å². The van der Waals surface area contributed by atoms with Gasteiger partial charge in [-0.3, -0.25) is 0 Å². The Labute approximate surface area is 98.8 Å². The Bertz CT molecular complexity index is 397. The summed E-state index contributed by atoms with van der Waals surface area (Å²) in [4.78, 5) is 0. The molecule has 90 valence electrons. The third-order valence-electron chi connectivity index (χ3n) is 2.63. The highest BCUT2D eigenvalue weighted by molar-refractivity contribution is 7.62. The molecule has 1 aromatic rings. The Hall–Kier alpha value is -0.590. The molecule has 0 saturated heterocycles. The number of hydrogen-bond donors (Lipinski definition) is 1. The van der Waals surface area contributed by atoms with Gasteiger partial charge in [-0.05, 0) is 50.8 Å². The standard InChI is InChI=1S/C13H22NOP/c1-10-6-11(2)13(12(3)7-10)8-14-9-16(4,5)15/h6-7,14H,8-9H2,1-5H3. The summed E-state index contributed by atoms with van der Waals surface area (Å²) >= 11 is 0. The molecule has 0 fully saturated rings.